The van der Waals surface area contributed by atoms with Crippen molar-refractivity contribution in [2.45, 2.75) is 39.7 Å². The number of hydrogen-bond acceptors (Lipinski definition) is 6. The monoisotopic (exact) mass is 383 g/mol. The smallest absolute Gasteiger partial charge is 0.270 e. The Morgan fingerprint density at radius 1 is 1.29 bits per heavy atom. The van der Waals surface area contributed by atoms with Gasteiger partial charge in [0.2, 0.25) is 5.95 Å². The summed E-state index contributed by atoms with van der Waals surface area (Å²) in [5.74, 6) is 1.08. The highest BCUT2D eigenvalue weighted by Crippen LogP contribution is 2.23. The number of aromatic amines is 1. The van der Waals surface area contributed by atoms with Gasteiger partial charge in [-0.3, -0.25) is 9.78 Å². The van der Waals surface area contributed by atoms with Gasteiger partial charge < -0.3 is 15.0 Å². The molecule has 0 spiro atoms. The SMILES string of the molecule is CCN(CC)CCCC(C)Nc1nc(-c2ccc(OC)cc2)c(C#N)c(=O)[nH]1. The maximum Gasteiger partial charge on any atom is 0.270 e. The van der Waals surface area contributed by atoms with Crippen molar-refractivity contribution >= 4 is 5.95 Å². The highest BCUT2D eigenvalue weighted by atomic mass is 16.5. The lowest BCUT2D eigenvalue weighted by atomic mass is 10.1. The minimum atomic E-state index is -0.443. The van der Waals surface area contributed by atoms with Crippen molar-refractivity contribution in [3.63, 3.8) is 0 Å². The van der Waals surface area contributed by atoms with Crippen molar-refractivity contribution in [1.29, 1.82) is 5.26 Å². The summed E-state index contributed by atoms with van der Waals surface area (Å²) < 4.78 is 5.16. The molecule has 0 bridgehead atoms. The highest BCUT2D eigenvalue weighted by molar-refractivity contribution is 5.67. The Kier molecular flexibility index (Phi) is 8.02. The quantitative estimate of drug-likeness (QED) is 0.654. The van der Waals surface area contributed by atoms with Crippen LogP contribution in [-0.4, -0.2) is 47.7 Å². The summed E-state index contributed by atoms with van der Waals surface area (Å²) >= 11 is 0. The number of aromatic nitrogens is 2. The van der Waals surface area contributed by atoms with E-state index in [-0.39, 0.29) is 11.6 Å². The Bertz CT molecular complexity index is 851. The lowest BCUT2D eigenvalue weighted by Crippen LogP contribution is -2.26. The summed E-state index contributed by atoms with van der Waals surface area (Å²) in [6, 6.07) is 9.25. The first-order chi connectivity index (χ1) is 13.5. The normalized spacial score (nSPS) is 11.9. The first kappa shape index (κ1) is 21.5. The van der Waals surface area contributed by atoms with Crippen LogP contribution in [-0.2, 0) is 0 Å². The van der Waals surface area contributed by atoms with Crippen molar-refractivity contribution < 1.29 is 4.74 Å². The maximum atomic E-state index is 12.4. The third-order valence-electron chi connectivity index (χ3n) is 4.78. The average Bonchev–Trinajstić information content (AvgIpc) is 2.71. The van der Waals surface area contributed by atoms with Crippen LogP contribution in [0.15, 0.2) is 29.1 Å². The van der Waals surface area contributed by atoms with E-state index in [2.05, 4.69) is 41.0 Å². The van der Waals surface area contributed by atoms with Gasteiger partial charge >= 0.3 is 0 Å². The lowest BCUT2D eigenvalue weighted by Gasteiger charge is -2.20. The summed E-state index contributed by atoms with van der Waals surface area (Å²) in [7, 11) is 1.59. The van der Waals surface area contributed by atoms with Gasteiger partial charge in [0.05, 0.1) is 12.8 Å². The Morgan fingerprint density at radius 2 is 1.96 bits per heavy atom. The molecule has 1 aromatic carbocycles. The molecule has 0 radical (unpaired) electrons. The lowest BCUT2D eigenvalue weighted by molar-refractivity contribution is 0.295. The van der Waals surface area contributed by atoms with E-state index in [4.69, 9.17) is 4.74 Å². The first-order valence-electron chi connectivity index (χ1n) is 9.70. The summed E-state index contributed by atoms with van der Waals surface area (Å²) in [5.41, 5.74) is 0.624. The van der Waals surface area contributed by atoms with E-state index in [1.165, 1.54) is 0 Å². The van der Waals surface area contributed by atoms with Gasteiger partial charge in [-0.1, -0.05) is 13.8 Å². The molecule has 1 aromatic heterocycles. The molecule has 2 aromatic rings. The largest absolute Gasteiger partial charge is 0.497 e. The van der Waals surface area contributed by atoms with Crippen molar-refractivity contribution in [2.75, 3.05) is 32.1 Å². The second-order valence-electron chi connectivity index (χ2n) is 6.69. The number of methoxy groups -OCH3 is 1. The first-order valence-corrected chi connectivity index (χ1v) is 9.70. The molecule has 0 aliphatic heterocycles. The molecule has 0 saturated carbocycles. The van der Waals surface area contributed by atoms with Crippen molar-refractivity contribution in [1.82, 2.24) is 14.9 Å². The molecule has 0 fully saturated rings. The van der Waals surface area contributed by atoms with E-state index < -0.39 is 5.56 Å². The van der Waals surface area contributed by atoms with Gasteiger partial charge in [-0.15, -0.1) is 0 Å². The molecule has 1 atom stereocenters. The Labute approximate surface area is 166 Å². The molecule has 150 valence electrons. The number of nitrogens with zero attached hydrogens (tertiary/aromatic N) is 3. The van der Waals surface area contributed by atoms with Gasteiger partial charge in [0.15, 0.2) is 0 Å². The molecular weight excluding hydrogens is 354 g/mol. The van der Waals surface area contributed by atoms with Crippen molar-refractivity contribution in [2.24, 2.45) is 0 Å². The van der Waals surface area contributed by atoms with Crippen LogP contribution in [0.5, 0.6) is 5.75 Å². The maximum absolute atomic E-state index is 12.4. The van der Waals surface area contributed by atoms with Crippen LogP contribution in [0.3, 0.4) is 0 Å². The fourth-order valence-electron chi connectivity index (χ4n) is 3.07. The number of H-pyrrole nitrogens is 1. The Morgan fingerprint density at radius 3 is 2.54 bits per heavy atom. The zero-order chi connectivity index (χ0) is 20.5. The number of ether oxygens (including phenoxy) is 1. The Balaban J connectivity index is 2.16. The van der Waals surface area contributed by atoms with Crippen LogP contribution < -0.4 is 15.6 Å². The summed E-state index contributed by atoms with van der Waals surface area (Å²) in [4.78, 5) is 21.9. The van der Waals surface area contributed by atoms with Gasteiger partial charge in [0.1, 0.15) is 17.4 Å². The Hall–Kier alpha value is -2.85. The van der Waals surface area contributed by atoms with E-state index >= 15 is 0 Å². The average molecular weight is 383 g/mol. The highest BCUT2D eigenvalue weighted by Gasteiger charge is 2.14. The van der Waals surface area contributed by atoms with Gasteiger partial charge in [0.25, 0.3) is 5.56 Å². The standard InChI is InChI=1S/C21H29N5O2/c1-5-26(6-2)13-7-8-15(3)23-21-24-19(18(14-22)20(27)25-21)16-9-11-17(28-4)12-10-16/h9-12,15H,5-8,13H2,1-4H3,(H2,23,24,25,27). The fraction of sp³-hybridized carbons (Fsp3) is 0.476. The zero-order valence-electron chi connectivity index (χ0n) is 17.1. The van der Waals surface area contributed by atoms with Crippen molar-refractivity contribution in [3.8, 4) is 23.1 Å². The van der Waals surface area contributed by atoms with Crippen LogP contribution in [0.25, 0.3) is 11.3 Å². The van der Waals surface area contributed by atoms with E-state index in [1.54, 1.807) is 31.4 Å². The molecule has 0 aliphatic carbocycles. The fourth-order valence-corrected chi connectivity index (χ4v) is 3.07. The van der Waals surface area contributed by atoms with Crippen LogP contribution in [0.4, 0.5) is 5.95 Å². The number of nitriles is 1. The minimum Gasteiger partial charge on any atom is -0.497 e. The zero-order valence-corrected chi connectivity index (χ0v) is 17.1. The minimum absolute atomic E-state index is 0.00454. The van der Waals surface area contributed by atoms with E-state index in [1.807, 2.05) is 6.07 Å². The van der Waals surface area contributed by atoms with Gasteiger partial charge in [-0.2, -0.15) is 5.26 Å². The third kappa shape index (κ3) is 5.57. The van der Waals surface area contributed by atoms with Crippen LogP contribution in [0.1, 0.15) is 39.2 Å². The second kappa shape index (κ2) is 10.5. The number of anilines is 1. The molecule has 28 heavy (non-hydrogen) atoms. The summed E-state index contributed by atoms with van der Waals surface area (Å²) in [5, 5.41) is 12.6. The molecule has 1 unspecified atom stereocenters. The number of nitrogens with one attached hydrogen (secondary N) is 2. The predicted octanol–water partition coefficient (Wildman–Crippen LogP) is 3.24. The molecule has 7 heteroatoms. The van der Waals surface area contributed by atoms with Gasteiger partial charge in [0, 0.05) is 11.6 Å². The predicted molar refractivity (Wildman–Crippen MR) is 112 cm³/mol. The topological polar surface area (TPSA) is 94.0 Å². The summed E-state index contributed by atoms with van der Waals surface area (Å²) in [6.07, 6.45) is 2.01. The number of rotatable bonds is 10. The van der Waals surface area contributed by atoms with Crippen LogP contribution in [0, 0.1) is 11.3 Å². The molecule has 2 rings (SSSR count). The van der Waals surface area contributed by atoms with E-state index in [0.717, 1.165) is 32.5 Å². The molecule has 2 N–H and O–H groups in total. The molecule has 0 saturated heterocycles. The van der Waals surface area contributed by atoms with E-state index in [0.29, 0.717) is 23.0 Å². The van der Waals surface area contributed by atoms with Gasteiger partial charge in [-0.05, 0) is 63.7 Å². The molecule has 0 aliphatic rings. The number of hydrogen-bond donors (Lipinski definition) is 2. The second-order valence-corrected chi connectivity index (χ2v) is 6.69. The van der Waals surface area contributed by atoms with Gasteiger partial charge in [-0.25, -0.2) is 4.98 Å². The van der Waals surface area contributed by atoms with E-state index in [9.17, 15) is 10.1 Å². The van der Waals surface area contributed by atoms with Crippen LogP contribution in [0.2, 0.25) is 0 Å². The molecule has 0 amide bonds. The summed E-state index contributed by atoms with van der Waals surface area (Å²) in [6.45, 7) is 9.54. The third-order valence-corrected chi connectivity index (χ3v) is 4.78. The molecule has 1 heterocycles. The molecular formula is C21H29N5O2. The van der Waals surface area contributed by atoms with Crippen LogP contribution >= 0.6 is 0 Å². The van der Waals surface area contributed by atoms with Crippen molar-refractivity contribution in [3.05, 3.63) is 40.2 Å². The number of benzene rings is 1. The molecule has 7 nitrogen and oxygen atoms in total.